The standard InChI is InChI=1S/C12H20N2O2S/c1-9(2)14-17(15,16)12-7-5-4-6-11(12)8-10(3)13/h4-7,9-10,14H,8,13H2,1-3H3. The normalized spacial score (nSPS) is 13.9. The summed E-state index contributed by atoms with van der Waals surface area (Å²) in [5.74, 6) is 0. The lowest BCUT2D eigenvalue weighted by atomic mass is 10.1. The lowest BCUT2D eigenvalue weighted by Gasteiger charge is -2.14. The lowest BCUT2D eigenvalue weighted by Crippen LogP contribution is -2.31. The van der Waals surface area contributed by atoms with Gasteiger partial charge >= 0.3 is 0 Å². The topological polar surface area (TPSA) is 72.2 Å². The molecule has 1 unspecified atom stereocenters. The second kappa shape index (κ2) is 5.62. The Hall–Kier alpha value is -0.910. The molecule has 0 aliphatic carbocycles. The third-order valence-electron chi connectivity index (χ3n) is 2.19. The molecule has 1 aromatic rings. The zero-order valence-electron chi connectivity index (χ0n) is 10.5. The molecule has 5 heteroatoms. The minimum atomic E-state index is -3.44. The van der Waals surface area contributed by atoms with Crippen LogP contribution in [0.15, 0.2) is 29.2 Å². The fourth-order valence-electron chi connectivity index (χ4n) is 1.66. The first-order valence-corrected chi connectivity index (χ1v) is 7.17. The molecule has 96 valence electrons. The first-order valence-electron chi connectivity index (χ1n) is 5.68. The minimum Gasteiger partial charge on any atom is -0.328 e. The monoisotopic (exact) mass is 256 g/mol. The first-order chi connectivity index (χ1) is 7.83. The molecule has 1 atom stereocenters. The molecular formula is C12H20N2O2S. The van der Waals surface area contributed by atoms with Gasteiger partial charge in [0, 0.05) is 12.1 Å². The van der Waals surface area contributed by atoms with Gasteiger partial charge in [0.25, 0.3) is 0 Å². The van der Waals surface area contributed by atoms with Crippen LogP contribution in [0.5, 0.6) is 0 Å². The van der Waals surface area contributed by atoms with Crippen molar-refractivity contribution in [2.75, 3.05) is 0 Å². The molecule has 0 radical (unpaired) electrons. The van der Waals surface area contributed by atoms with Crippen molar-refractivity contribution < 1.29 is 8.42 Å². The molecule has 0 aliphatic heterocycles. The highest BCUT2D eigenvalue weighted by Crippen LogP contribution is 2.17. The molecule has 1 aromatic carbocycles. The van der Waals surface area contributed by atoms with E-state index < -0.39 is 10.0 Å². The van der Waals surface area contributed by atoms with Crippen molar-refractivity contribution in [2.45, 2.75) is 44.2 Å². The van der Waals surface area contributed by atoms with E-state index in [0.29, 0.717) is 11.3 Å². The number of nitrogens with one attached hydrogen (secondary N) is 1. The van der Waals surface area contributed by atoms with E-state index >= 15 is 0 Å². The molecule has 0 amide bonds. The summed E-state index contributed by atoms with van der Waals surface area (Å²) < 4.78 is 26.8. The van der Waals surface area contributed by atoms with Gasteiger partial charge in [-0.3, -0.25) is 0 Å². The second-order valence-electron chi connectivity index (χ2n) is 4.57. The number of nitrogens with two attached hydrogens (primary N) is 1. The highest BCUT2D eigenvalue weighted by Gasteiger charge is 2.19. The zero-order chi connectivity index (χ0) is 13.1. The molecule has 0 bridgehead atoms. The summed E-state index contributed by atoms with van der Waals surface area (Å²) in [4.78, 5) is 0.325. The summed E-state index contributed by atoms with van der Waals surface area (Å²) >= 11 is 0. The van der Waals surface area contributed by atoms with Gasteiger partial charge in [0.1, 0.15) is 0 Å². The molecule has 4 nitrogen and oxygen atoms in total. The van der Waals surface area contributed by atoms with Crippen LogP contribution >= 0.6 is 0 Å². The van der Waals surface area contributed by atoms with Crippen LogP contribution in [0.1, 0.15) is 26.3 Å². The fourth-order valence-corrected chi connectivity index (χ4v) is 3.16. The van der Waals surface area contributed by atoms with Crippen LogP contribution in [0.25, 0.3) is 0 Å². The summed E-state index contributed by atoms with van der Waals surface area (Å²) in [6.07, 6.45) is 0.551. The number of sulfonamides is 1. The molecule has 1 rings (SSSR count). The van der Waals surface area contributed by atoms with Crippen molar-refractivity contribution in [3.05, 3.63) is 29.8 Å². The molecule has 0 aromatic heterocycles. The van der Waals surface area contributed by atoms with E-state index in [1.54, 1.807) is 32.0 Å². The van der Waals surface area contributed by atoms with Crippen LogP contribution in [0.4, 0.5) is 0 Å². The number of benzene rings is 1. The van der Waals surface area contributed by atoms with Gasteiger partial charge < -0.3 is 5.73 Å². The summed E-state index contributed by atoms with van der Waals surface area (Å²) in [5.41, 5.74) is 6.48. The largest absolute Gasteiger partial charge is 0.328 e. The maximum Gasteiger partial charge on any atom is 0.241 e. The zero-order valence-corrected chi connectivity index (χ0v) is 11.3. The van der Waals surface area contributed by atoms with Gasteiger partial charge in [-0.05, 0) is 38.8 Å². The molecule has 3 N–H and O–H groups in total. The maximum atomic E-state index is 12.1. The van der Waals surface area contributed by atoms with Crippen LogP contribution in [-0.4, -0.2) is 20.5 Å². The Morgan fingerprint density at radius 2 is 1.82 bits per heavy atom. The average molecular weight is 256 g/mol. The highest BCUT2D eigenvalue weighted by atomic mass is 32.2. The van der Waals surface area contributed by atoms with E-state index in [1.807, 2.05) is 13.0 Å². The Labute approximate surface area is 103 Å². The SMILES string of the molecule is CC(N)Cc1ccccc1S(=O)(=O)NC(C)C. The Bertz CT molecular complexity index is 467. The van der Waals surface area contributed by atoms with Crippen molar-refractivity contribution in [1.29, 1.82) is 0 Å². The first kappa shape index (κ1) is 14.2. The third-order valence-corrected chi connectivity index (χ3v) is 3.95. The van der Waals surface area contributed by atoms with E-state index in [0.717, 1.165) is 5.56 Å². The van der Waals surface area contributed by atoms with E-state index in [2.05, 4.69) is 4.72 Å². The molecule has 0 spiro atoms. The number of rotatable bonds is 5. The van der Waals surface area contributed by atoms with Gasteiger partial charge in [0.05, 0.1) is 4.90 Å². The van der Waals surface area contributed by atoms with Crippen molar-refractivity contribution in [2.24, 2.45) is 5.73 Å². The Morgan fingerprint density at radius 3 is 2.35 bits per heavy atom. The Kier molecular flexibility index (Phi) is 4.68. The van der Waals surface area contributed by atoms with E-state index in [4.69, 9.17) is 5.73 Å². The summed E-state index contributed by atoms with van der Waals surface area (Å²) in [5, 5.41) is 0. The van der Waals surface area contributed by atoms with Crippen molar-refractivity contribution in [3.63, 3.8) is 0 Å². The smallest absolute Gasteiger partial charge is 0.241 e. The Balaban J connectivity index is 3.13. The molecule has 0 aliphatic rings. The molecule has 0 fully saturated rings. The van der Waals surface area contributed by atoms with Crippen molar-refractivity contribution in [3.8, 4) is 0 Å². The van der Waals surface area contributed by atoms with Gasteiger partial charge in [-0.25, -0.2) is 13.1 Å². The van der Waals surface area contributed by atoms with E-state index in [1.165, 1.54) is 0 Å². The second-order valence-corrected chi connectivity index (χ2v) is 6.25. The van der Waals surface area contributed by atoms with Crippen LogP contribution in [0, 0.1) is 0 Å². The highest BCUT2D eigenvalue weighted by molar-refractivity contribution is 7.89. The van der Waals surface area contributed by atoms with E-state index in [9.17, 15) is 8.42 Å². The molecule has 17 heavy (non-hydrogen) atoms. The maximum absolute atomic E-state index is 12.1. The van der Waals surface area contributed by atoms with Crippen LogP contribution in [0.3, 0.4) is 0 Å². The summed E-state index contributed by atoms with van der Waals surface area (Å²) in [6, 6.07) is 6.78. The third kappa shape index (κ3) is 4.11. The van der Waals surface area contributed by atoms with E-state index in [-0.39, 0.29) is 12.1 Å². The lowest BCUT2D eigenvalue weighted by molar-refractivity contribution is 0.568. The quantitative estimate of drug-likeness (QED) is 0.833. The van der Waals surface area contributed by atoms with Gasteiger partial charge in [0.15, 0.2) is 0 Å². The summed E-state index contributed by atoms with van der Waals surface area (Å²) in [7, 11) is -3.44. The molecular weight excluding hydrogens is 236 g/mol. The average Bonchev–Trinajstić information content (AvgIpc) is 2.15. The predicted molar refractivity (Wildman–Crippen MR) is 69.3 cm³/mol. The Morgan fingerprint density at radius 1 is 1.24 bits per heavy atom. The molecule has 0 saturated carbocycles. The van der Waals surface area contributed by atoms with Crippen LogP contribution in [0.2, 0.25) is 0 Å². The number of hydrogen-bond donors (Lipinski definition) is 2. The van der Waals surface area contributed by atoms with Crippen molar-refractivity contribution >= 4 is 10.0 Å². The fraction of sp³-hybridized carbons (Fsp3) is 0.500. The minimum absolute atomic E-state index is 0.0644. The van der Waals surface area contributed by atoms with Gasteiger partial charge in [0.2, 0.25) is 10.0 Å². The van der Waals surface area contributed by atoms with Crippen LogP contribution < -0.4 is 10.5 Å². The number of hydrogen-bond acceptors (Lipinski definition) is 3. The van der Waals surface area contributed by atoms with Gasteiger partial charge in [-0.1, -0.05) is 18.2 Å². The summed E-state index contributed by atoms with van der Waals surface area (Å²) in [6.45, 7) is 5.46. The van der Waals surface area contributed by atoms with Crippen LogP contribution in [-0.2, 0) is 16.4 Å². The predicted octanol–water partition coefficient (Wildman–Crippen LogP) is 1.26. The molecule has 0 heterocycles. The van der Waals surface area contributed by atoms with Crippen molar-refractivity contribution in [1.82, 2.24) is 4.72 Å². The molecule has 0 saturated heterocycles. The van der Waals surface area contributed by atoms with Gasteiger partial charge in [-0.2, -0.15) is 0 Å². The van der Waals surface area contributed by atoms with Gasteiger partial charge in [-0.15, -0.1) is 0 Å².